The molecule has 0 fully saturated rings. The predicted molar refractivity (Wildman–Crippen MR) is 103 cm³/mol. The summed E-state index contributed by atoms with van der Waals surface area (Å²) in [5, 5.41) is 1.94. The summed E-state index contributed by atoms with van der Waals surface area (Å²) >= 11 is 0. The Balaban J connectivity index is 2.09. The number of nitrogens with two attached hydrogens (primary N) is 2. The molecule has 26 heavy (non-hydrogen) atoms. The lowest BCUT2D eigenvalue weighted by molar-refractivity contribution is -0.118. The highest BCUT2D eigenvalue weighted by Gasteiger charge is 2.19. The molecule has 0 heterocycles. The van der Waals surface area contributed by atoms with Gasteiger partial charge < -0.3 is 11.5 Å². The maximum atomic E-state index is 13.4. The van der Waals surface area contributed by atoms with Crippen LogP contribution in [0.25, 0.3) is 16.8 Å². The zero-order chi connectivity index (χ0) is 18.5. The molecule has 1 amide bonds. The molecule has 0 aromatic heterocycles. The molecule has 0 aliphatic rings. The second-order valence-electron chi connectivity index (χ2n) is 5.84. The summed E-state index contributed by atoms with van der Waals surface area (Å²) in [7, 11) is 0. The molecule has 0 saturated heterocycles. The van der Waals surface area contributed by atoms with Gasteiger partial charge in [-0.2, -0.15) is 4.99 Å². The summed E-state index contributed by atoms with van der Waals surface area (Å²) in [6.45, 7) is 0. The van der Waals surface area contributed by atoms with Gasteiger partial charge in [0, 0.05) is 0 Å². The SMILES string of the molecule is NC(N)=NC(=O)C(/C=C/c1cccc(F)c1)c1cccc2ccccc12. The zero-order valence-electron chi connectivity index (χ0n) is 14.0. The van der Waals surface area contributed by atoms with Crippen LogP contribution in [0.1, 0.15) is 17.0 Å². The first-order chi connectivity index (χ1) is 12.5. The fourth-order valence-electron chi connectivity index (χ4n) is 2.86. The smallest absolute Gasteiger partial charge is 0.260 e. The molecule has 3 rings (SSSR count). The lowest BCUT2D eigenvalue weighted by Gasteiger charge is -2.13. The molecule has 0 aliphatic heterocycles. The van der Waals surface area contributed by atoms with Gasteiger partial charge in [-0.15, -0.1) is 0 Å². The maximum Gasteiger partial charge on any atom is 0.260 e. The Kier molecular flexibility index (Phi) is 5.08. The number of hydrogen-bond acceptors (Lipinski definition) is 1. The number of hydrogen-bond donors (Lipinski definition) is 2. The Morgan fingerprint density at radius 3 is 2.50 bits per heavy atom. The van der Waals surface area contributed by atoms with E-state index < -0.39 is 11.8 Å². The number of carbonyl (C=O) groups excluding carboxylic acids is 1. The van der Waals surface area contributed by atoms with Crippen LogP contribution in [0.3, 0.4) is 0 Å². The molecule has 1 atom stereocenters. The quantitative estimate of drug-likeness (QED) is 0.559. The Morgan fingerprint density at radius 2 is 1.73 bits per heavy atom. The molecule has 0 saturated carbocycles. The molecule has 3 aromatic rings. The van der Waals surface area contributed by atoms with Gasteiger partial charge in [-0.1, -0.05) is 66.7 Å². The normalized spacial score (nSPS) is 12.2. The summed E-state index contributed by atoms with van der Waals surface area (Å²) < 4.78 is 13.4. The molecule has 3 aromatic carbocycles. The van der Waals surface area contributed by atoms with E-state index in [4.69, 9.17) is 11.5 Å². The van der Waals surface area contributed by atoms with Crippen molar-refractivity contribution in [3.63, 3.8) is 0 Å². The van der Waals surface area contributed by atoms with Crippen molar-refractivity contribution in [2.45, 2.75) is 5.92 Å². The van der Waals surface area contributed by atoms with Crippen molar-refractivity contribution in [1.29, 1.82) is 0 Å². The minimum absolute atomic E-state index is 0.292. The molecule has 0 aliphatic carbocycles. The number of halogens is 1. The van der Waals surface area contributed by atoms with Crippen LogP contribution in [0, 0.1) is 5.82 Å². The van der Waals surface area contributed by atoms with E-state index in [1.165, 1.54) is 12.1 Å². The van der Waals surface area contributed by atoms with Crippen molar-refractivity contribution in [3.8, 4) is 0 Å². The summed E-state index contributed by atoms with van der Waals surface area (Å²) in [6.07, 6.45) is 3.38. The van der Waals surface area contributed by atoms with Crippen LogP contribution in [-0.2, 0) is 4.79 Å². The lowest BCUT2D eigenvalue weighted by Crippen LogP contribution is -2.25. The van der Waals surface area contributed by atoms with Gasteiger partial charge in [-0.3, -0.25) is 4.79 Å². The standard InChI is InChI=1S/C21H18FN3O/c22-16-8-3-5-14(13-16)11-12-19(20(26)25-21(23)24)18-10-4-7-15-6-1-2-9-17(15)18/h1-13,19H,(H4,23,24,25,26)/b12-11+. The van der Waals surface area contributed by atoms with E-state index in [1.54, 1.807) is 24.3 Å². The minimum atomic E-state index is -0.688. The third kappa shape index (κ3) is 3.95. The summed E-state index contributed by atoms with van der Waals surface area (Å²) in [5.74, 6) is -1.80. The van der Waals surface area contributed by atoms with Crippen LogP contribution in [0.15, 0.2) is 77.8 Å². The van der Waals surface area contributed by atoms with Gasteiger partial charge in [0.25, 0.3) is 5.91 Å². The van der Waals surface area contributed by atoms with Crippen LogP contribution in [0.2, 0.25) is 0 Å². The van der Waals surface area contributed by atoms with Crippen LogP contribution in [0.4, 0.5) is 4.39 Å². The Bertz CT molecular complexity index is 1000. The van der Waals surface area contributed by atoms with Gasteiger partial charge in [0.15, 0.2) is 5.96 Å². The summed E-state index contributed by atoms with van der Waals surface area (Å²) in [6, 6.07) is 19.6. The third-order valence-corrected chi connectivity index (χ3v) is 3.99. The maximum absolute atomic E-state index is 13.4. The monoisotopic (exact) mass is 347 g/mol. The topological polar surface area (TPSA) is 81.5 Å². The van der Waals surface area contributed by atoms with E-state index >= 15 is 0 Å². The molecular formula is C21H18FN3O. The molecule has 0 radical (unpaired) electrons. The van der Waals surface area contributed by atoms with E-state index in [0.29, 0.717) is 5.56 Å². The van der Waals surface area contributed by atoms with Crippen LogP contribution >= 0.6 is 0 Å². The van der Waals surface area contributed by atoms with E-state index in [1.807, 2.05) is 42.5 Å². The highest BCUT2D eigenvalue weighted by atomic mass is 19.1. The minimum Gasteiger partial charge on any atom is -0.370 e. The highest BCUT2D eigenvalue weighted by Crippen LogP contribution is 2.28. The molecule has 5 heteroatoms. The number of rotatable bonds is 4. The van der Waals surface area contributed by atoms with Gasteiger partial charge in [0.1, 0.15) is 5.82 Å². The highest BCUT2D eigenvalue weighted by molar-refractivity contribution is 5.99. The third-order valence-electron chi connectivity index (χ3n) is 3.99. The zero-order valence-corrected chi connectivity index (χ0v) is 14.0. The fraction of sp³-hybridized carbons (Fsp3) is 0.0476. The predicted octanol–water partition coefficient (Wildman–Crippen LogP) is 3.58. The number of carbonyl (C=O) groups is 1. The number of guanidine groups is 1. The van der Waals surface area contributed by atoms with Gasteiger partial charge in [-0.25, -0.2) is 4.39 Å². The van der Waals surface area contributed by atoms with Crippen LogP contribution < -0.4 is 11.5 Å². The molecular weight excluding hydrogens is 329 g/mol. The number of aliphatic imine (C=N–C) groups is 1. The van der Waals surface area contributed by atoms with E-state index in [0.717, 1.165) is 16.3 Å². The van der Waals surface area contributed by atoms with E-state index in [2.05, 4.69) is 4.99 Å². The first kappa shape index (κ1) is 17.4. The number of benzene rings is 3. The number of amides is 1. The summed E-state index contributed by atoms with van der Waals surface area (Å²) in [4.78, 5) is 16.3. The van der Waals surface area contributed by atoms with Crippen molar-refractivity contribution < 1.29 is 9.18 Å². The Hall–Kier alpha value is -3.47. The van der Waals surface area contributed by atoms with Crippen molar-refractivity contribution >= 4 is 28.7 Å². The van der Waals surface area contributed by atoms with E-state index in [9.17, 15) is 9.18 Å². The first-order valence-electron chi connectivity index (χ1n) is 8.09. The second kappa shape index (κ2) is 7.61. The summed E-state index contributed by atoms with van der Waals surface area (Å²) in [5.41, 5.74) is 12.2. The average Bonchev–Trinajstić information content (AvgIpc) is 2.61. The van der Waals surface area contributed by atoms with Crippen molar-refractivity contribution in [2.24, 2.45) is 16.5 Å². The first-order valence-corrected chi connectivity index (χ1v) is 8.09. The van der Waals surface area contributed by atoms with Gasteiger partial charge in [0.2, 0.25) is 0 Å². The molecule has 0 bridgehead atoms. The largest absolute Gasteiger partial charge is 0.370 e. The number of nitrogens with zero attached hydrogens (tertiary/aromatic N) is 1. The van der Waals surface area contributed by atoms with Gasteiger partial charge >= 0.3 is 0 Å². The molecule has 0 spiro atoms. The van der Waals surface area contributed by atoms with E-state index in [-0.39, 0.29) is 11.8 Å². The lowest BCUT2D eigenvalue weighted by atomic mass is 9.92. The Morgan fingerprint density at radius 1 is 1.00 bits per heavy atom. The molecule has 4 nitrogen and oxygen atoms in total. The average molecular weight is 347 g/mol. The van der Waals surface area contributed by atoms with Crippen molar-refractivity contribution in [3.05, 3.63) is 89.8 Å². The number of fused-ring (bicyclic) bond motifs is 1. The fourth-order valence-corrected chi connectivity index (χ4v) is 2.86. The van der Waals surface area contributed by atoms with Crippen molar-refractivity contribution in [2.75, 3.05) is 0 Å². The molecule has 1 unspecified atom stereocenters. The Labute approximate surface area is 150 Å². The van der Waals surface area contributed by atoms with Gasteiger partial charge in [0.05, 0.1) is 5.92 Å². The molecule has 130 valence electrons. The van der Waals surface area contributed by atoms with Crippen LogP contribution in [0.5, 0.6) is 0 Å². The van der Waals surface area contributed by atoms with Crippen LogP contribution in [-0.4, -0.2) is 11.9 Å². The van der Waals surface area contributed by atoms with Crippen molar-refractivity contribution in [1.82, 2.24) is 0 Å². The van der Waals surface area contributed by atoms with Gasteiger partial charge in [-0.05, 0) is 34.0 Å². The molecule has 4 N–H and O–H groups in total. The second-order valence-corrected chi connectivity index (χ2v) is 5.84.